The van der Waals surface area contributed by atoms with Gasteiger partial charge in [-0.05, 0) is 38.9 Å². The van der Waals surface area contributed by atoms with Crippen molar-refractivity contribution in [2.75, 3.05) is 20.8 Å². The van der Waals surface area contributed by atoms with Crippen LogP contribution >= 0.6 is 0 Å². The van der Waals surface area contributed by atoms with E-state index in [1.54, 1.807) is 7.05 Å². The maximum absolute atomic E-state index is 11.4. The average Bonchev–Trinajstić information content (AvgIpc) is 2.36. The van der Waals surface area contributed by atoms with Crippen LogP contribution in [0.3, 0.4) is 0 Å². The third-order valence-electron chi connectivity index (χ3n) is 3.09. The first-order valence-electron chi connectivity index (χ1n) is 6.45. The lowest BCUT2D eigenvalue weighted by Gasteiger charge is -2.16. The molecule has 0 fully saturated rings. The van der Waals surface area contributed by atoms with E-state index in [2.05, 4.69) is 24.4 Å². The third-order valence-corrected chi connectivity index (χ3v) is 3.09. The van der Waals surface area contributed by atoms with Crippen molar-refractivity contribution in [1.29, 1.82) is 0 Å². The zero-order valence-electron chi connectivity index (χ0n) is 12.4. The van der Waals surface area contributed by atoms with E-state index in [1.165, 1.54) is 12.7 Å². The van der Waals surface area contributed by atoms with Crippen molar-refractivity contribution in [3.05, 3.63) is 28.8 Å². The van der Waals surface area contributed by atoms with Crippen molar-refractivity contribution >= 4 is 5.97 Å². The first-order chi connectivity index (χ1) is 8.99. The molecule has 4 nitrogen and oxygen atoms in total. The Balaban J connectivity index is 2.60. The number of rotatable bonds is 6. The lowest BCUT2D eigenvalue weighted by atomic mass is 10.1. The Morgan fingerprint density at radius 2 is 1.84 bits per heavy atom. The van der Waals surface area contributed by atoms with Crippen LogP contribution in [0, 0.1) is 20.8 Å². The Morgan fingerprint density at radius 1 is 1.26 bits per heavy atom. The van der Waals surface area contributed by atoms with Crippen LogP contribution < -0.4 is 10.1 Å². The maximum atomic E-state index is 11.4. The molecule has 1 aromatic carbocycles. The summed E-state index contributed by atoms with van der Waals surface area (Å²) in [5, 5.41) is 2.92. The van der Waals surface area contributed by atoms with Gasteiger partial charge in [-0.2, -0.15) is 0 Å². The molecular formula is C15H23NO3. The summed E-state index contributed by atoms with van der Waals surface area (Å²) in [5.41, 5.74) is 3.47. The summed E-state index contributed by atoms with van der Waals surface area (Å²) in [6.07, 6.45) is 0.579. The van der Waals surface area contributed by atoms with Crippen molar-refractivity contribution in [2.45, 2.75) is 33.2 Å². The Bertz CT molecular complexity index is 420. The number of esters is 1. The van der Waals surface area contributed by atoms with Crippen LogP contribution in [0.15, 0.2) is 12.1 Å². The summed E-state index contributed by atoms with van der Waals surface area (Å²) >= 11 is 0. The third kappa shape index (κ3) is 4.24. The fourth-order valence-corrected chi connectivity index (χ4v) is 2.20. The molecule has 0 aliphatic carbocycles. The van der Waals surface area contributed by atoms with Crippen LogP contribution in [-0.2, 0) is 9.53 Å². The highest BCUT2D eigenvalue weighted by Gasteiger charge is 2.17. The van der Waals surface area contributed by atoms with Crippen LogP contribution in [-0.4, -0.2) is 32.8 Å². The zero-order valence-corrected chi connectivity index (χ0v) is 12.4. The van der Waals surface area contributed by atoms with Crippen LogP contribution in [0.5, 0.6) is 5.75 Å². The molecule has 1 atom stereocenters. The normalized spacial score (nSPS) is 12.1. The SMILES string of the molecule is CNC(CCOc1c(C)cc(C)cc1C)C(=O)OC. The van der Waals surface area contributed by atoms with Crippen molar-refractivity contribution in [2.24, 2.45) is 0 Å². The molecule has 0 amide bonds. The van der Waals surface area contributed by atoms with Gasteiger partial charge in [0.2, 0.25) is 0 Å². The molecule has 106 valence electrons. The van der Waals surface area contributed by atoms with E-state index in [9.17, 15) is 4.79 Å². The molecule has 19 heavy (non-hydrogen) atoms. The number of ether oxygens (including phenoxy) is 2. The standard InChI is InChI=1S/C15H23NO3/c1-10-8-11(2)14(12(3)9-10)19-7-6-13(16-4)15(17)18-5/h8-9,13,16H,6-7H2,1-5H3. The highest BCUT2D eigenvalue weighted by molar-refractivity contribution is 5.75. The highest BCUT2D eigenvalue weighted by Crippen LogP contribution is 2.24. The molecule has 1 aromatic rings. The van der Waals surface area contributed by atoms with Crippen molar-refractivity contribution < 1.29 is 14.3 Å². The van der Waals surface area contributed by atoms with Gasteiger partial charge in [0.15, 0.2) is 0 Å². The number of likely N-dealkylation sites (N-methyl/N-ethyl adjacent to an activating group) is 1. The van der Waals surface area contributed by atoms with Gasteiger partial charge in [0, 0.05) is 6.42 Å². The van der Waals surface area contributed by atoms with Gasteiger partial charge in [-0.25, -0.2) is 0 Å². The predicted octanol–water partition coefficient (Wildman–Crippen LogP) is 2.14. The van der Waals surface area contributed by atoms with E-state index in [0.29, 0.717) is 13.0 Å². The van der Waals surface area contributed by atoms with E-state index in [4.69, 9.17) is 9.47 Å². The fraction of sp³-hybridized carbons (Fsp3) is 0.533. The van der Waals surface area contributed by atoms with Crippen LogP contribution in [0.1, 0.15) is 23.1 Å². The lowest BCUT2D eigenvalue weighted by Crippen LogP contribution is -2.36. The minimum Gasteiger partial charge on any atom is -0.493 e. The summed E-state index contributed by atoms with van der Waals surface area (Å²) in [4.78, 5) is 11.4. The summed E-state index contributed by atoms with van der Waals surface area (Å²) in [6, 6.07) is 3.87. The average molecular weight is 265 g/mol. The quantitative estimate of drug-likeness (QED) is 0.801. The van der Waals surface area contributed by atoms with Crippen LogP contribution in [0.25, 0.3) is 0 Å². The lowest BCUT2D eigenvalue weighted by molar-refractivity contribution is -0.143. The Morgan fingerprint density at radius 3 is 2.32 bits per heavy atom. The second-order valence-corrected chi connectivity index (χ2v) is 4.73. The minimum atomic E-state index is -0.323. The molecule has 0 aliphatic heterocycles. The summed E-state index contributed by atoms with van der Waals surface area (Å²) in [5.74, 6) is 0.647. The van der Waals surface area contributed by atoms with Crippen molar-refractivity contribution in [3.63, 3.8) is 0 Å². The molecule has 0 aromatic heterocycles. The van der Waals surface area contributed by atoms with Crippen LogP contribution in [0.4, 0.5) is 0 Å². The molecular weight excluding hydrogens is 242 g/mol. The number of methoxy groups -OCH3 is 1. The number of benzene rings is 1. The summed E-state index contributed by atoms with van der Waals surface area (Å²) in [6.45, 7) is 6.61. The van der Waals surface area contributed by atoms with Gasteiger partial charge in [-0.3, -0.25) is 4.79 Å². The zero-order chi connectivity index (χ0) is 14.4. The Hall–Kier alpha value is -1.55. The van der Waals surface area contributed by atoms with Crippen molar-refractivity contribution in [3.8, 4) is 5.75 Å². The van der Waals surface area contributed by atoms with Gasteiger partial charge in [-0.15, -0.1) is 0 Å². The number of nitrogens with one attached hydrogen (secondary N) is 1. The molecule has 0 saturated heterocycles. The minimum absolute atomic E-state index is 0.261. The van der Waals surface area contributed by atoms with Gasteiger partial charge in [0.1, 0.15) is 11.8 Å². The van der Waals surface area contributed by atoms with Gasteiger partial charge in [0.25, 0.3) is 0 Å². The molecule has 0 aliphatic rings. The van der Waals surface area contributed by atoms with E-state index < -0.39 is 0 Å². The smallest absolute Gasteiger partial charge is 0.322 e. The first-order valence-corrected chi connectivity index (χ1v) is 6.45. The second kappa shape index (κ2) is 7.14. The van der Waals surface area contributed by atoms with E-state index in [1.807, 2.05) is 13.8 Å². The number of aryl methyl sites for hydroxylation is 3. The van der Waals surface area contributed by atoms with E-state index in [0.717, 1.165) is 16.9 Å². The molecule has 0 spiro atoms. The molecule has 0 radical (unpaired) electrons. The molecule has 0 bridgehead atoms. The topological polar surface area (TPSA) is 47.6 Å². The molecule has 0 saturated carbocycles. The maximum Gasteiger partial charge on any atom is 0.322 e. The number of carbonyl (C=O) groups is 1. The second-order valence-electron chi connectivity index (χ2n) is 4.73. The van der Waals surface area contributed by atoms with Gasteiger partial charge in [-0.1, -0.05) is 17.7 Å². The number of hydrogen-bond donors (Lipinski definition) is 1. The Labute approximate surface area is 115 Å². The van der Waals surface area contributed by atoms with E-state index in [-0.39, 0.29) is 12.0 Å². The summed E-state index contributed by atoms with van der Waals surface area (Å²) < 4.78 is 10.5. The van der Waals surface area contributed by atoms with E-state index >= 15 is 0 Å². The Kier molecular flexibility index (Phi) is 5.83. The summed E-state index contributed by atoms with van der Waals surface area (Å²) in [7, 11) is 3.13. The number of carbonyl (C=O) groups excluding carboxylic acids is 1. The predicted molar refractivity (Wildman–Crippen MR) is 75.6 cm³/mol. The van der Waals surface area contributed by atoms with Crippen LogP contribution in [0.2, 0.25) is 0 Å². The molecule has 1 N–H and O–H groups in total. The highest BCUT2D eigenvalue weighted by atomic mass is 16.5. The largest absolute Gasteiger partial charge is 0.493 e. The van der Waals surface area contributed by atoms with Gasteiger partial charge < -0.3 is 14.8 Å². The molecule has 4 heteroatoms. The van der Waals surface area contributed by atoms with Gasteiger partial charge >= 0.3 is 5.97 Å². The fourth-order valence-electron chi connectivity index (χ4n) is 2.20. The molecule has 1 unspecified atom stereocenters. The van der Waals surface area contributed by atoms with Crippen molar-refractivity contribution in [1.82, 2.24) is 5.32 Å². The molecule has 0 heterocycles. The monoisotopic (exact) mass is 265 g/mol. The molecule has 1 rings (SSSR count). The first kappa shape index (κ1) is 15.5. The van der Waals surface area contributed by atoms with Gasteiger partial charge in [0.05, 0.1) is 13.7 Å². The number of hydrogen-bond acceptors (Lipinski definition) is 4.